The molecule has 1 N–H and O–H groups in total. The van der Waals surface area contributed by atoms with Crippen LogP contribution in [0.3, 0.4) is 0 Å². The molecule has 1 unspecified atom stereocenters. The average molecular weight is 217 g/mol. The van der Waals surface area contributed by atoms with Crippen molar-refractivity contribution in [2.45, 2.75) is 40.2 Å². The van der Waals surface area contributed by atoms with Crippen molar-refractivity contribution in [3.05, 3.63) is 47.0 Å². The Balaban J connectivity index is 2.58. The van der Waals surface area contributed by atoms with Crippen molar-refractivity contribution >= 4 is 0 Å². The van der Waals surface area contributed by atoms with Gasteiger partial charge in [-0.2, -0.15) is 0 Å². The van der Waals surface area contributed by atoms with Gasteiger partial charge in [0.1, 0.15) is 0 Å². The predicted octanol–water partition coefficient (Wildman–Crippen LogP) is 3.92. The van der Waals surface area contributed by atoms with E-state index in [0.29, 0.717) is 6.04 Å². The maximum Gasteiger partial charge on any atom is 0.0294 e. The Morgan fingerprint density at radius 1 is 1.31 bits per heavy atom. The molecule has 0 heterocycles. The van der Waals surface area contributed by atoms with Gasteiger partial charge in [-0.25, -0.2) is 0 Å². The maximum atomic E-state index is 3.55. The number of aryl methyl sites for hydroxylation is 2. The Hall–Kier alpha value is -1.08. The van der Waals surface area contributed by atoms with E-state index in [9.17, 15) is 0 Å². The number of benzene rings is 1. The van der Waals surface area contributed by atoms with Gasteiger partial charge in [0.2, 0.25) is 0 Å². The highest BCUT2D eigenvalue weighted by Gasteiger charge is 2.06. The number of hydrogen-bond acceptors (Lipinski definition) is 1. The summed E-state index contributed by atoms with van der Waals surface area (Å²) >= 11 is 0. The fourth-order valence-electron chi connectivity index (χ4n) is 1.89. The summed E-state index contributed by atoms with van der Waals surface area (Å²) in [6.45, 7) is 9.67. The van der Waals surface area contributed by atoms with Gasteiger partial charge in [-0.05, 0) is 51.8 Å². The minimum atomic E-state index is 0.435. The first-order chi connectivity index (χ1) is 7.65. The zero-order valence-electron chi connectivity index (χ0n) is 10.9. The van der Waals surface area contributed by atoms with Crippen LogP contribution in [0.15, 0.2) is 30.4 Å². The van der Waals surface area contributed by atoms with Crippen molar-refractivity contribution in [1.82, 2.24) is 5.32 Å². The first-order valence-corrected chi connectivity index (χ1v) is 6.07. The quantitative estimate of drug-likeness (QED) is 0.582. The molecule has 1 atom stereocenters. The lowest BCUT2D eigenvalue weighted by Gasteiger charge is -2.16. The highest BCUT2D eigenvalue weighted by Crippen LogP contribution is 2.18. The van der Waals surface area contributed by atoms with Crippen molar-refractivity contribution in [2.24, 2.45) is 0 Å². The highest BCUT2D eigenvalue weighted by atomic mass is 14.9. The summed E-state index contributed by atoms with van der Waals surface area (Å²) in [6, 6.07) is 7.09. The van der Waals surface area contributed by atoms with Gasteiger partial charge in [0.25, 0.3) is 0 Å². The summed E-state index contributed by atoms with van der Waals surface area (Å²) in [5, 5.41) is 3.55. The maximum absolute atomic E-state index is 3.55. The smallest absolute Gasteiger partial charge is 0.0294 e. The first kappa shape index (κ1) is 13.0. The van der Waals surface area contributed by atoms with Gasteiger partial charge in [-0.1, -0.05) is 35.9 Å². The normalized spacial score (nSPS) is 13.2. The van der Waals surface area contributed by atoms with E-state index in [-0.39, 0.29) is 0 Å². The SMILES string of the molecule is C/C=C/CCNC(C)c1cc(C)ccc1C. The molecule has 0 bridgehead atoms. The molecule has 0 radical (unpaired) electrons. The Labute approximate surface area is 99.6 Å². The summed E-state index contributed by atoms with van der Waals surface area (Å²) in [5.41, 5.74) is 4.12. The summed E-state index contributed by atoms with van der Waals surface area (Å²) in [5.74, 6) is 0. The number of hydrogen-bond donors (Lipinski definition) is 1. The Morgan fingerprint density at radius 2 is 2.06 bits per heavy atom. The van der Waals surface area contributed by atoms with Crippen molar-refractivity contribution in [3.63, 3.8) is 0 Å². The molecule has 1 nitrogen and oxygen atoms in total. The van der Waals surface area contributed by atoms with Gasteiger partial charge in [0.15, 0.2) is 0 Å². The van der Waals surface area contributed by atoms with Gasteiger partial charge < -0.3 is 5.32 Å². The molecular weight excluding hydrogens is 194 g/mol. The monoisotopic (exact) mass is 217 g/mol. The van der Waals surface area contributed by atoms with Crippen molar-refractivity contribution < 1.29 is 0 Å². The van der Waals surface area contributed by atoms with Crippen LogP contribution in [-0.4, -0.2) is 6.54 Å². The average Bonchev–Trinajstić information content (AvgIpc) is 2.27. The lowest BCUT2D eigenvalue weighted by molar-refractivity contribution is 0.578. The summed E-state index contributed by atoms with van der Waals surface area (Å²) in [4.78, 5) is 0. The van der Waals surface area contributed by atoms with Gasteiger partial charge in [-0.3, -0.25) is 0 Å². The van der Waals surface area contributed by atoms with E-state index < -0.39 is 0 Å². The fourth-order valence-corrected chi connectivity index (χ4v) is 1.89. The Kier molecular flexibility index (Phi) is 5.27. The minimum Gasteiger partial charge on any atom is -0.310 e. The van der Waals surface area contributed by atoms with Crippen LogP contribution in [0.25, 0.3) is 0 Å². The molecule has 0 saturated heterocycles. The van der Waals surface area contributed by atoms with Crippen LogP contribution in [0.1, 0.15) is 43.0 Å². The van der Waals surface area contributed by atoms with Gasteiger partial charge >= 0.3 is 0 Å². The molecule has 0 spiro atoms. The molecule has 0 aromatic heterocycles. The second-order valence-electron chi connectivity index (χ2n) is 4.39. The van der Waals surface area contributed by atoms with Crippen LogP contribution in [0, 0.1) is 13.8 Å². The van der Waals surface area contributed by atoms with Gasteiger partial charge in [0.05, 0.1) is 0 Å². The zero-order valence-corrected chi connectivity index (χ0v) is 10.9. The molecule has 0 aliphatic rings. The lowest BCUT2D eigenvalue weighted by atomic mass is 10.00. The third kappa shape index (κ3) is 3.82. The predicted molar refractivity (Wildman–Crippen MR) is 71.8 cm³/mol. The van der Waals surface area contributed by atoms with Crippen LogP contribution in [0.2, 0.25) is 0 Å². The molecule has 88 valence electrons. The Bertz CT molecular complexity index is 352. The number of allylic oxidation sites excluding steroid dienone is 1. The summed E-state index contributed by atoms with van der Waals surface area (Å²) in [6.07, 6.45) is 5.40. The summed E-state index contributed by atoms with van der Waals surface area (Å²) < 4.78 is 0. The molecule has 1 aromatic rings. The van der Waals surface area contributed by atoms with Gasteiger partial charge in [-0.15, -0.1) is 0 Å². The second-order valence-corrected chi connectivity index (χ2v) is 4.39. The van der Waals surface area contributed by atoms with Crippen LogP contribution >= 0.6 is 0 Å². The minimum absolute atomic E-state index is 0.435. The zero-order chi connectivity index (χ0) is 12.0. The first-order valence-electron chi connectivity index (χ1n) is 6.07. The van der Waals surface area contributed by atoms with Crippen LogP contribution in [-0.2, 0) is 0 Å². The van der Waals surface area contributed by atoms with E-state index in [1.54, 1.807) is 0 Å². The molecule has 0 amide bonds. The molecule has 16 heavy (non-hydrogen) atoms. The number of nitrogens with one attached hydrogen (secondary N) is 1. The summed E-state index contributed by atoms with van der Waals surface area (Å²) in [7, 11) is 0. The molecule has 1 aromatic carbocycles. The topological polar surface area (TPSA) is 12.0 Å². The Morgan fingerprint density at radius 3 is 2.75 bits per heavy atom. The van der Waals surface area contributed by atoms with Crippen LogP contribution in [0.5, 0.6) is 0 Å². The van der Waals surface area contributed by atoms with E-state index >= 15 is 0 Å². The fraction of sp³-hybridized carbons (Fsp3) is 0.467. The molecule has 1 heteroatoms. The second kappa shape index (κ2) is 6.49. The van der Waals surface area contributed by atoms with Gasteiger partial charge in [0, 0.05) is 6.04 Å². The molecule has 0 fully saturated rings. The van der Waals surface area contributed by atoms with Crippen molar-refractivity contribution in [3.8, 4) is 0 Å². The molecule has 0 saturated carbocycles. The van der Waals surface area contributed by atoms with Crippen molar-refractivity contribution in [1.29, 1.82) is 0 Å². The lowest BCUT2D eigenvalue weighted by Crippen LogP contribution is -2.20. The molecular formula is C15H23N. The van der Waals surface area contributed by atoms with Crippen LogP contribution in [0.4, 0.5) is 0 Å². The van der Waals surface area contributed by atoms with E-state index in [1.807, 2.05) is 0 Å². The molecule has 1 rings (SSSR count). The van der Waals surface area contributed by atoms with Crippen LogP contribution < -0.4 is 5.32 Å². The van der Waals surface area contributed by atoms with E-state index in [4.69, 9.17) is 0 Å². The molecule has 0 aliphatic heterocycles. The largest absolute Gasteiger partial charge is 0.310 e. The van der Waals surface area contributed by atoms with E-state index in [1.165, 1.54) is 16.7 Å². The highest BCUT2D eigenvalue weighted by molar-refractivity contribution is 5.32. The van der Waals surface area contributed by atoms with E-state index in [0.717, 1.165) is 13.0 Å². The van der Waals surface area contributed by atoms with E-state index in [2.05, 4.69) is 63.4 Å². The third-order valence-corrected chi connectivity index (χ3v) is 2.90. The number of rotatable bonds is 5. The molecule has 0 aliphatic carbocycles. The van der Waals surface area contributed by atoms with Crippen molar-refractivity contribution in [2.75, 3.05) is 6.54 Å². The standard InChI is InChI=1S/C15H23N/c1-5-6-7-10-16-14(4)15-11-12(2)8-9-13(15)3/h5-6,8-9,11,14,16H,7,10H2,1-4H3/b6-5+. The third-order valence-electron chi connectivity index (χ3n) is 2.90.